The van der Waals surface area contributed by atoms with Gasteiger partial charge in [-0.15, -0.1) is 23.1 Å². The molecule has 130 valence electrons. The summed E-state index contributed by atoms with van der Waals surface area (Å²) in [5.41, 5.74) is 2.27. The van der Waals surface area contributed by atoms with E-state index in [1.807, 2.05) is 32.0 Å². The second-order valence-corrected chi connectivity index (χ2v) is 10.1. The van der Waals surface area contributed by atoms with E-state index in [0.29, 0.717) is 10.6 Å². The monoisotopic (exact) mass is 391 g/mol. The molecule has 8 heteroatoms. The molecule has 0 amide bonds. The van der Waals surface area contributed by atoms with E-state index >= 15 is 0 Å². The molecule has 0 atom stereocenters. The molecule has 0 spiro atoms. The number of aryl methyl sites for hydroxylation is 2. The highest BCUT2D eigenvalue weighted by Crippen LogP contribution is 2.31. The van der Waals surface area contributed by atoms with Crippen LogP contribution in [0.4, 0.5) is 5.69 Å². The number of hydrogen-bond acceptors (Lipinski definition) is 5. The summed E-state index contributed by atoms with van der Waals surface area (Å²) in [6.45, 7) is 4.56. The summed E-state index contributed by atoms with van der Waals surface area (Å²) in [6, 6.07) is 9.33. The van der Waals surface area contributed by atoms with Gasteiger partial charge < -0.3 is 4.98 Å². The maximum absolute atomic E-state index is 12.8. The number of rotatable bonds is 4. The summed E-state index contributed by atoms with van der Waals surface area (Å²) in [4.78, 5) is 9.92. The Hall–Kier alpha value is -1.77. The summed E-state index contributed by atoms with van der Waals surface area (Å²) in [5.74, 6) is 0.987. The number of para-hydroxylation sites is 1. The van der Waals surface area contributed by atoms with Crippen molar-refractivity contribution >= 4 is 54.8 Å². The van der Waals surface area contributed by atoms with E-state index in [0.717, 1.165) is 43.7 Å². The average molecular weight is 392 g/mol. The van der Waals surface area contributed by atoms with Crippen LogP contribution in [0.3, 0.4) is 0 Å². The van der Waals surface area contributed by atoms with Crippen LogP contribution < -0.4 is 4.72 Å². The number of nitrogens with one attached hydrogen (secondary N) is 2. The minimum Gasteiger partial charge on any atom is -0.351 e. The lowest BCUT2D eigenvalue weighted by Gasteiger charge is -2.08. The van der Waals surface area contributed by atoms with Gasteiger partial charge in [-0.3, -0.25) is 9.71 Å². The van der Waals surface area contributed by atoms with E-state index in [4.69, 9.17) is 0 Å². The SMILES string of the molecule is Cc1cc(S(=O)(=O)Nc2cccc3cc(C4=NCCS4)[nH]c23)c(C)s1. The fourth-order valence-electron chi connectivity index (χ4n) is 2.93. The standard InChI is InChI=1S/C17H17N3O2S3/c1-10-8-15(11(2)24-10)25(21,22)20-13-5-3-4-12-9-14(19-16(12)13)17-18-6-7-23-17/h3-5,8-9,19-20H,6-7H2,1-2H3. The quantitative estimate of drug-likeness (QED) is 0.702. The number of nitrogens with zero attached hydrogens (tertiary/aromatic N) is 1. The predicted octanol–water partition coefficient (Wildman–Crippen LogP) is 4.14. The molecular formula is C17H17N3O2S3. The number of hydrogen-bond donors (Lipinski definition) is 2. The van der Waals surface area contributed by atoms with Crippen LogP contribution in [0.15, 0.2) is 40.2 Å². The van der Waals surface area contributed by atoms with Crippen molar-refractivity contribution in [3.63, 3.8) is 0 Å². The normalized spacial score (nSPS) is 14.9. The van der Waals surface area contributed by atoms with Crippen LogP contribution in [0.25, 0.3) is 10.9 Å². The van der Waals surface area contributed by atoms with Crippen LogP contribution in [0.5, 0.6) is 0 Å². The van der Waals surface area contributed by atoms with Gasteiger partial charge in [-0.2, -0.15) is 0 Å². The van der Waals surface area contributed by atoms with Gasteiger partial charge in [0.25, 0.3) is 10.0 Å². The van der Waals surface area contributed by atoms with Gasteiger partial charge in [0, 0.05) is 27.4 Å². The summed E-state index contributed by atoms with van der Waals surface area (Å²) in [7, 11) is -3.62. The van der Waals surface area contributed by atoms with Gasteiger partial charge in [0.15, 0.2) is 0 Å². The minimum atomic E-state index is -3.62. The number of fused-ring (bicyclic) bond motifs is 1. The molecule has 1 aliphatic heterocycles. The van der Waals surface area contributed by atoms with Crippen LogP contribution in [0.1, 0.15) is 15.4 Å². The molecule has 25 heavy (non-hydrogen) atoms. The lowest BCUT2D eigenvalue weighted by atomic mass is 10.2. The molecule has 3 aromatic rings. The van der Waals surface area contributed by atoms with Gasteiger partial charge in [-0.25, -0.2) is 8.42 Å². The Bertz CT molecular complexity index is 1090. The number of H-pyrrole nitrogens is 1. The summed E-state index contributed by atoms with van der Waals surface area (Å²) in [5, 5.41) is 1.94. The zero-order valence-electron chi connectivity index (χ0n) is 13.8. The Kier molecular flexibility index (Phi) is 4.13. The van der Waals surface area contributed by atoms with Gasteiger partial charge in [0.05, 0.1) is 16.9 Å². The van der Waals surface area contributed by atoms with Crippen molar-refractivity contribution in [3.8, 4) is 0 Å². The van der Waals surface area contributed by atoms with Crippen molar-refractivity contribution in [1.29, 1.82) is 0 Å². The van der Waals surface area contributed by atoms with Crippen LogP contribution in [0, 0.1) is 13.8 Å². The molecule has 0 unspecified atom stereocenters. The minimum absolute atomic E-state index is 0.342. The molecule has 5 nitrogen and oxygen atoms in total. The Morgan fingerprint density at radius 3 is 2.76 bits per heavy atom. The number of aromatic nitrogens is 1. The van der Waals surface area contributed by atoms with Crippen LogP contribution in [-0.2, 0) is 10.0 Å². The zero-order chi connectivity index (χ0) is 17.6. The van der Waals surface area contributed by atoms with Crippen LogP contribution in [-0.4, -0.2) is 30.7 Å². The van der Waals surface area contributed by atoms with E-state index in [9.17, 15) is 8.42 Å². The number of aromatic amines is 1. The number of anilines is 1. The lowest BCUT2D eigenvalue weighted by Crippen LogP contribution is -2.13. The second kappa shape index (κ2) is 6.19. The van der Waals surface area contributed by atoms with Crippen molar-refractivity contribution in [1.82, 2.24) is 4.98 Å². The van der Waals surface area contributed by atoms with Crippen molar-refractivity contribution in [2.75, 3.05) is 17.0 Å². The van der Waals surface area contributed by atoms with Gasteiger partial charge in [0.2, 0.25) is 0 Å². The number of thiophene rings is 1. The number of sulfonamides is 1. The fourth-order valence-corrected chi connectivity index (χ4v) is 6.38. The van der Waals surface area contributed by atoms with E-state index in [1.54, 1.807) is 23.9 Å². The summed E-state index contributed by atoms with van der Waals surface area (Å²) >= 11 is 3.20. The van der Waals surface area contributed by atoms with E-state index in [2.05, 4.69) is 14.7 Å². The first kappa shape index (κ1) is 16.7. The third-order valence-electron chi connectivity index (χ3n) is 4.00. The van der Waals surface area contributed by atoms with Crippen molar-refractivity contribution < 1.29 is 8.42 Å². The Labute approximate surface area is 154 Å². The Balaban J connectivity index is 1.75. The smallest absolute Gasteiger partial charge is 0.263 e. The largest absolute Gasteiger partial charge is 0.351 e. The van der Waals surface area contributed by atoms with E-state index in [1.165, 1.54) is 11.3 Å². The number of aliphatic imine (C=N–C) groups is 1. The maximum Gasteiger partial charge on any atom is 0.263 e. The van der Waals surface area contributed by atoms with Crippen molar-refractivity contribution in [3.05, 3.63) is 45.8 Å². The third-order valence-corrected chi connectivity index (χ3v) is 7.60. The molecule has 0 aliphatic carbocycles. The van der Waals surface area contributed by atoms with Crippen LogP contribution >= 0.6 is 23.1 Å². The van der Waals surface area contributed by atoms with Crippen LogP contribution in [0.2, 0.25) is 0 Å². The highest BCUT2D eigenvalue weighted by molar-refractivity contribution is 8.14. The first-order valence-electron chi connectivity index (χ1n) is 7.83. The topological polar surface area (TPSA) is 74.3 Å². The third kappa shape index (κ3) is 3.09. The Morgan fingerprint density at radius 1 is 1.24 bits per heavy atom. The molecular weight excluding hydrogens is 374 g/mol. The molecule has 2 aromatic heterocycles. The molecule has 0 fully saturated rings. The van der Waals surface area contributed by atoms with Crippen molar-refractivity contribution in [2.24, 2.45) is 4.99 Å². The van der Waals surface area contributed by atoms with Crippen molar-refractivity contribution in [2.45, 2.75) is 18.7 Å². The highest BCUT2D eigenvalue weighted by atomic mass is 32.2. The molecule has 0 saturated carbocycles. The fraction of sp³-hybridized carbons (Fsp3) is 0.235. The highest BCUT2D eigenvalue weighted by Gasteiger charge is 2.21. The van der Waals surface area contributed by atoms with Gasteiger partial charge in [-0.1, -0.05) is 12.1 Å². The molecule has 2 N–H and O–H groups in total. The first-order chi connectivity index (χ1) is 11.9. The zero-order valence-corrected chi connectivity index (χ0v) is 16.2. The molecule has 1 aliphatic rings. The molecule has 0 bridgehead atoms. The first-order valence-corrected chi connectivity index (χ1v) is 11.1. The van der Waals surface area contributed by atoms with E-state index in [-0.39, 0.29) is 0 Å². The number of benzene rings is 1. The lowest BCUT2D eigenvalue weighted by molar-refractivity contribution is 0.601. The molecule has 0 saturated heterocycles. The van der Waals surface area contributed by atoms with Gasteiger partial charge in [-0.05, 0) is 32.0 Å². The maximum atomic E-state index is 12.8. The molecule has 1 aromatic carbocycles. The van der Waals surface area contributed by atoms with Gasteiger partial charge in [0.1, 0.15) is 9.94 Å². The molecule has 0 radical (unpaired) electrons. The average Bonchev–Trinajstić information content (AvgIpc) is 3.25. The predicted molar refractivity (Wildman–Crippen MR) is 107 cm³/mol. The van der Waals surface area contributed by atoms with Gasteiger partial charge >= 0.3 is 0 Å². The molecule has 3 heterocycles. The molecule has 4 rings (SSSR count). The second-order valence-electron chi connectivity index (χ2n) is 5.87. The number of thioether (sulfide) groups is 1. The summed E-state index contributed by atoms with van der Waals surface area (Å²) in [6.07, 6.45) is 0. The Morgan fingerprint density at radius 2 is 2.08 bits per heavy atom. The summed E-state index contributed by atoms with van der Waals surface area (Å²) < 4.78 is 28.3. The van der Waals surface area contributed by atoms with E-state index < -0.39 is 10.0 Å².